The molecule has 0 radical (unpaired) electrons. The number of anilines is 1. The van der Waals surface area contributed by atoms with Crippen LogP contribution < -0.4 is 5.32 Å². The van der Waals surface area contributed by atoms with E-state index < -0.39 is 9.84 Å². The normalized spacial score (nSPS) is 11.2. The molecule has 0 fully saturated rings. The van der Waals surface area contributed by atoms with Crippen LogP contribution >= 0.6 is 11.6 Å². The number of nitrogens with zero attached hydrogens (tertiary/aromatic N) is 2. The quantitative estimate of drug-likeness (QED) is 0.874. The zero-order valence-electron chi connectivity index (χ0n) is 11.0. The zero-order chi connectivity index (χ0) is 14.6. The third kappa shape index (κ3) is 4.68. The Hall–Kier alpha value is -1.34. The third-order valence-electron chi connectivity index (χ3n) is 2.49. The van der Waals surface area contributed by atoms with Crippen molar-refractivity contribution in [2.45, 2.75) is 0 Å². The minimum Gasteiger partial charge on any atom is -0.373 e. The number of carbonyl (C=O) groups excluding carboxylic acids is 1. The maximum Gasteiger partial charge on any atom is 0.255 e. The average molecular weight is 306 g/mol. The SMILES string of the molecule is CNc1cc(C(=O)N(C)CCS(C)(=O)=O)c(Cl)cn1. The van der Waals surface area contributed by atoms with Gasteiger partial charge in [-0.05, 0) is 6.07 Å². The lowest BCUT2D eigenvalue weighted by molar-refractivity contribution is 0.0803. The summed E-state index contributed by atoms with van der Waals surface area (Å²) in [5.74, 6) is 0.0911. The van der Waals surface area contributed by atoms with E-state index in [1.807, 2.05) is 0 Å². The number of rotatable bonds is 5. The van der Waals surface area contributed by atoms with E-state index in [1.165, 1.54) is 24.2 Å². The van der Waals surface area contributed by atoms with Crippen molar-refractivity contribution in [3.63, 3.8) is 0 Å². The summed E-state index contributed by atoms with van der Waals surface area (Å²) in [7, 11) is 0.100. The van der Waals surface area contributed by atoms with E-state index in [0.29, 0.717) is 5.82 Å². The second-order valence-corrected chi connectivity index (χ2v) is 6.82. The van der Waals surface area contributed by atoms with Gasteiger partial charge in [-0.3, -0.25) is 4.79 Å². The fourth-order valence-corrected chi connectivity index (χ4v) is 2.14. The van der Waals surface area contributed by atoms with Crippen molar-refractivity contribution >= 4 is 33.2 Å². The molecule has 1 amide bonds. The second-order valence-electron chi connectivity index (χ2n) is 4.16. The van der Waals surface area contributed by atoms with Crippen LogP contribution in [-0.2, 0) is 9.84 Å². The number of aromatic nitrogens is 1. The van der Waals surface area contributed by atoms with Crippen molar-refractivity contribution in [2.75, 3.05) is 38.0 Å². The van der Waals surface area contributed by atoms with E-state index in [0.717, 1.165) is 6.26 Å². The predicted octanol–water partition coefficient (Wildman–Crippen LogP) is 0.893. The Morgan fingerprint density at radius 3 is 2.68 bits per heavy atom. The number of sulfone groups is 1. The first-order valence-corrected chi connectivity index (χ1v) is 7.95. The van der Waals surface area contributed by atoms with Gasteiger partial charge in [0.25, 0.3) is 5.91 Å². The second kappa shape index (κ2) is 6.21. The van der Waals surface area contributed by atoms with Crippen molar-refractivity contribution in [3.8, 4) is 0 Å². The van der Waals surface area contributed by atoms with E-state index in [4.69, 9.17) is 11.6 Å². The maximum absolute atomic E-state index is 12.1. The number of hydrogen-bond acceptors (Lipinski definition) is 5. The molecule has 0 aromatic carbocycles. The Bertz CT molecular complexity index is 575. The van der Waals surface area contributed by atoms with Gasteiger partial charge in [-0.2, -0.15) is 0 Å². The third-order valence-corrected chi connectivity index (χ3v) is 3.71. The van der Waals surface area contributed by atoms with Gasteiger partial charge in [-0.25, -0.2) is 13.4 Å². The summed E-state index contributed by atoms with van der Waals surface area (Å²) >= 11 is 5.93. The molecule has 0 spiro atoms. The van der Waals surface area contributed by atoms with E-state index in [-0.39, 0.29) is 28.8 Å². The Kier molecular flexibility index (Phi) is 5.13. The summed E-state index contributed by atoms with van der Waals surface area (Å²) < 4.78 is 22.2. The van der Waals surface area contributed by atoms with Gasteiger partial charge in [0.05, 0.1) is 16.3 Å². The number of halogens is 1. The fraction of sp³-hybridized carbons (Fsp3) is 0.455. The molecular weight excluding hydrogens is 290 g/mol. The molecule has 0 saturated heterocycles. The minimum absolute atomic E-state index is 0.0865. The zero-order valence-corrected chi connectivity index (χ0v) is 12.5. The van der Waals surface area contributed by atoms with Crippen LogP contribution in [0.15, 0.2) is 12.3 Å². The lowest BCUT2D eigenvalue weighted by atomic mass is 10.2. The first-order chi connectivity index (χ1) is 8.74. The molecule has 1 aromatic rings. The van der Waals surface area contributed by atoms with Crippen LogP contribution in [0.4, 0.5) is 5.82 Å². The lowest BCUT2D eigenvalue weighted by Gasteiger charge is -2.17. The summed E-state index contributed by atoms with van der Waals surface area (Å²) in [6, 6.07) is 1.53. The molecule has 8 heteroatoms. The molecule has 1 aromatic heterocycles. The molecule has 0 unspecified atom stereocenters. The van der Waals surface area contributed by atoms with Gasteiger partial charge in [0, 0.05) is 33.1 Å². The Morgan fingerprint density at radius 1 is 1.53 bits per heavy atom. The highest BCUT2D eigenvalue weighted by molar-refractivity contribution is 7.90. The van der Waals surface area contributed by atoms with Crippen molar-refractivity contribution in [1.82, 2.24) is 9.88 Å². The molecule has 19 heavy (non-hydrogen) atoms. The van der Waals surface area contributed by atoms with Crippen molar-refractivity contribution in [1.29, 1.82) is 0 Å². The van der Waals surface area contributed by atoms with E-state index in [2.05, 4.69) is 10.3 Å². The van der Waals surface area contributed by atoms with Gasteiger partial charge >= 0.3 is 0 Å². The molecule has 106 valence electrons. The van der Waals surface area contributed by atoms with Crippen LogP contribution in [0.1, 0.15) is 10.4 Å². The van der Waals surface area contributed by atoms with Crippen molar-refractivity contribution in [3.05, 3.63) is 22.8 Å². The number of carbonyl (C=O) groups is 1. The number of amides is 1. The molecular formula is C11H16ClN3O3S. The van der Waals surface area contributed by atoms with Crippen molar-refractivity contribution < 1.29 is 13.2 Å². The molecule has 0 aliphatic heterocycles. The summed E-state index contributed by atoms with van der Waals surface area (Å²) in [5, 5.41) is 3.04. The van der Waals surface area contributed by atoms with E-state index in [9.17, 15) is 13.2 Å². The highest BCUT2D eigenvalue weighted by Crippen LogP contribution is 2.19. The summed E-state index contributed by atoms with van der Waals surface area (Å²) in [6.45, 7) is 0.116. The molecule has 6 nitrogen and oxygen atoms in total. The predicted molar refractivity (Wildman–Crippen MR) is 75.5 cm³/mol. The highest BCUT2D eigenvalue weighted by Gasteiger charge is 2.17. The average Bonchev–Trinajstić information content (AvgIpc) is 2.35. The van der Waals surface area contributed by atoms with Gasteiger partial charge in [-0.1, -0.05) is 11.6 Å². The molecule has 0 saturated carbocycles. The molecule has 1 N–H and O–H groups in total. The van der Waals surface area contributed by atoms with Gasteiger partial charge in [0.1, 0.15) is 15.7 Å². The smallest absolute Gasteiger partial charge is 0.255 e. The van der Waals surface area contributed by atoms with Crippen LogP contribution in [0.25, 0.3) is 0 Å². The number of nitrogens with one attached hydrogen (secondary N) is 1. The molecule has 1 rings (SSSR count). The molecule has 0 bridgehead atoms. The minimum atomic E-state index is -3.11. The van der Waals surface area contributed by atoms with Crippen molar-refractivity contribution in [2.24, 2.45) is 0 Å². The molecule has 0 aliphatic carbocycles. The molecule has 0 aliphatic rings. The Labute approximate surface area is 117 Å². The van der Waals surface area contributed by atoms with Gasteiger partial charge in [0.15, 0.2) is 0 Å². The summed E-state index contributed by atoms with van der Waals surface area (Å²) in [6.07, 6.45) is 2.51. The topological polar surface area (TPSA) is 79.4 Å². The van der Waals surface area contributed by atoms with E-state index in [1.54, 1.807) is 7.05 Å². The van der Waals surface area contributed by atoms with Crippen LogP contribution in [0, 0.1) is 0 Å². The molecule has 0 atom stereocenters. The fourth-order valence-electron chi connectivity index (χ4n) is 1.35. The Morgan fingerprint density at radius 2 is 2.16 bits per heavy atom. The Balaban J connectivity index is 2.87. The standard InChI is InChI=1S/C11H16ClN3O3S/c1-13-10-6-8(9(12)7-14-10)11(16)15(2)4-5-19(3,17)18/h6-7H,4-5H2,1-3H3,(H,13,14). The maximum atomic E-state index is 12.1. The van der Waals surface area contributed by atoms with Crippen LogP contribution in [-0.4, -0.2) is 56.9 Å². The van der Waals surface area contributed by atoms with Crippen LogP contribution in [0.2, 0.25) is 5.02 Å². The van der Waals surface area contributed by atoms with E-state index >= 15 is 0 Å². The summed E-state index contributed by atoms with van der Waals surface area (Å²) in [5.41, 5.74) is 0.289. The first kappa shape index (κ1) is 15.7. The number of pyridine rings is 1. The number of hydrogen-bond donors (Lipinski definition) is 1. The van der Waals surface area contributed by atoms with Crippen LogP contribution in [0.3, 0.4) is 0 Å². The summed E-state index contributed by atoms with van der Waals surface area (Å²) in [4.78, 5) is 17.4. The largest absolute Gasteiger partial charge is 0.373 e. The van der Waals surface area contributed by atoms with Gasteiger partial charge in [0.2, 0.25) is 0 Å². The first-order valence-electron chi connectivity index (χ1n) is 5.51. The van der Waals surface area contributed by atoms with Gasteiger partial charge < -0.3 is 10.2 Å². The highest BCUT2D eigenvalue weighted by atomic mass is 35.5. The molecule has 1 heterocycles. The van der Waals surface area contributed by atoms with Crippen LogP contribution in [0.5, 0.6) is 0 Å². The van der Waals surface area contributed by atoms with Gasteiger partial charge in [-0.15, -0.1) is 0 Å². The monoisotopic (exact) mass is 305 g/mol. The lowest BCUT2D eigenvalue weighted by Crippen LogP contribution is -2.31.